The van der Waals surface area contributed by atoms with Crippen molar-refractivity contribution in [2.24, 2.45) is 0 Å². The van der Waals surface area contributed by atoms with Crippen molar-refractivity contribution in [3.05, 3.63) is 64.7 Å². The van der Waals surface area contributed by atoms with Gasteiger partial charge in [-0.2, -0.15) is 17.5 Å². The number of rotatable bonds is 7. The molecule has 41 heavy (non-hydrogen) atoms. The maximum atomic E-state index is 13.4. The van der Waals surface area contributed by atoms with E-state index in [1.807, 2.05) is 0 Å². The molecule has 2 aliphatic heterocycles. The van der Waals surface area contributed by atoms with Crippen LogP contribution in [-0.2, 0) is 34.0 Å². The van der Waals surface area contributed by atoms with E-state index in [1.165, 1.54) is 34.3 Å². The van der Waals surface area contributed by atoms with Crippen LogP contribution in [0.3, 0.4) is 0 Å². The number of sulfonamides is 1. The summed E-state index contributed by atoms with van der Waals surface area (Å²) in [5.41, 5.74) is 3.37. The van der Waals surface area contributed by atoms with Crippen LogP contribution >= 0.6 is 9.24 Å². The Balaban J connectivity index is 1.25. The summed E-state index contributed by atoms with van der Waals surface area (Å²) in [5, 5.41) is 3.15. The number of halogens is 3. The lowest BCUT2D eigenvalue weighted by Gasteiger charge is -2.35. The van der Waals surface area contributed by atoms with Crippen molar-refractivity contribution in [2.75, 3.05) is 19.6 Å². The quantitative estimate of drug-likeness (QED) is 0.411. The minimum atomic E-state index is -4.64. The van der Waals surface area contributed by atoms with Crippen molar-refractivity contribution >= 4 is 25.2 Å². The highest BCUT2D eigenvalue weighted by molar-refractivity contribution is 7.89. The maximum Gasteiger partial charge on any atom is 0.416 e. The van der Waals surface area contributed by atoms with Crippen molar-refractivity contribution in [3.63, 3.8) is 0 Å². The van der Waals surface area contributed by atoms with Crippen LogP contribution in [0.5, 0.6) is 0 Å². The molecule has 0 spiro atoms. The first-order valence-corrected chi connectivity index (χ1v) is 16.7. The molecule has 3 aliphatic rings. The summed E-state index contributed by atoms with van der Waals surface area (Å²) in [6.07, 6.45) is 2.32. The van der Waals surface area contributed by atoms with Crippen LogP contribution in [0, 0.1) is 0 Å². The number of likely N-dealkylation sites (tertiary alicyclic amines) is 1. The van der Waals surface area contributed by atoms with Crippen LogP contribution in [-0.4, -0.2) is 54.9 Å². The number of aryl methyl sites for hydroxylation is 1. The molecular weight excluding hydrogens is 570 g/mol. The normalized spacial score (nSPS) is 23.2. The van der Waals surface area contributed by atoms with Crippen LogP contribution in [0.15, 0.2) is 47.4 Å². The lowest BCUT2D eigenvalue weighted by Crippen LogP contribution is -2.46. The summed E-state index contributed by atoms with van der Waals surface area (Å²) in [6, 6.07) is 9.66. The van der Waals surface area contributed by atoms with E-state index >= 15 is 0 Å². The Morgan fingerprint density at radius 2 is 1.76 bits per heavy atom. The number of nitrogens with one attached hydrogen (secondary N) is 1. The van der Waals surface area contributed by atoms with Gasteiger partial charge in [-0.05, 0) is 98.6 Å². The molecule has 1 unspecified atom stereocenters. The predicted octanol–water partition coefficient (Wildman–Crippen LogP) is 5.67. The summed E-state index contributed by atoms with van der Waals surface area (Å²) < 4.78 is 67.8. The lowest BCUT2D eigenvalue weighted by molar-refractivity contribution is -0.137. The van der Waals surface area contributed by atoms with Gasteiger partial charge in [0.2, 0.25) is 15.9 Å². The van der Waals surface area contributed by atoms with Crippen molar-refractivity contribution in [3.8, 4) is 0 Å². The number of hydrogen-bond acceptors (Lipinski definition) is 4. The molecule has 11 heteroatoms. The first kappa shape index (κ1) is 30.5. The van der Waals surface area contributed by atoms with E-state index in [9.17, 15) is 26.4 Å². The molecule has 2 aromatic rings. The van der Waals surface area contributed by atoms with Gasteiger partial charge in [0.05, 0.1) is 16.5 Å². The molecule has 6 nitrogen and oxygen atoms in total. The van der Waals surface area contributed by atoms with E-state index in [0.29, 0.717) is 24.6 Å². The zero-order chi connectivity index (χ0) is 29.2. The van der Waals surface area contributed by atoms with Gasteiger partial charge in [-0.15, -0.1) is 9.24 Å². The number of hydrogen-bond donors (Lipinski definition) is 1. The standard InChI is InChI=1S/C30H39F3N3O3PS/c31-30(32,33)23-6-4-8-26(18-23)41(38,39)36-14-2-1-7-24(36)19-29(37)34-28-9-3-5-22-17-21(10-11-27(22)28)20-35-15-12-25(40)13-16-35/h4,6,8,10-11,17-18,24-25,28H,1-3,5,7,9,12-16,19-20,40H2,(H,34,37)/t24-,28+/m0/s1. The largest absolute Gasteiger partial charge is 0.416 e. The Morgan fingerprint density at radius 1 is 0.976 bits per heavy atom. The molecule has 224 valence electrons. The van der Waals surface area contributed by atoms with E-state index in [2.05, 4.69) is 37.7 Å². The molecule has 1 aliphatic carbocycles. The van der Waals surface area contributed by atoms with Gasteiger partial charge in [0.1, 0.15) is 0 Å². The number of benzene rings is 2. The molecule has 0 radical (unpaired) electrons. The van der Waals surface area contributed by atoms with Crippen LogP contribution in [0.25, 0.3) is 0 Å². The number of fused-ring (bicyclic) bond motifs is 1. The van der Waals surface area contributed by atoms with Crippen LogP contribution in [0.4, 0.5) is 13.2 Å². The van der Waals surface area contributed by atoms with Crippen LogP contribution < -0.4 is 5.32 Å². The predicted molar refractivity (Wildman–Crippen MR) is 156 cm³/mol. The molecule has 2 aromatic carbocycles. The average molecular weight is 610 g/mol. The van der Waals surface area contributed by atoms with Gasteiger partial charge in [0.25, 0.3) is 0 Å². The highest BCUT2D eigenvalue weighted by Crippen LogP contribution is 2.34. The van der Waals surface area contributed by atoms with Gasteiger partial charge < -0.3 is 5.32 Å². The molecule has 1 N–H and O–H groups in total. The second kappa shape index (κ2) is 12.7. The van der Waals surface area contributed by atoms with E-state index in [4.69, 9.17) is 0 Å². The number of alkyl halides is 3. The van der Waals surface area contributed by atoms with Crippen LogP contribution in [0.2, 0.25) is 0 Å². The first-order valence-electron chi connectivity index (χ1n) is 14.6. The maximum absolute atomic E-state index is 13.4. The summed E-state index contributed by atoms with van der Waals surface area (Å²) >= 11 is 0. The monoisotopic (exact) mass is 609 g/mol. The molecule has 1 amide bonds. The van der Waals surface area contributed by atoms with Gasteiger partial charge in [-0.1, -0.05) is 30.7 Å². The third-order valence-electron chi connectivity index (χ3n) is 8.66. The summed E-state index contributed by atoms with van der Waals surface area (Å²) in [4.78, 5) is 15.4. The molecule has 2 fully saturated rings. The minimum absolute atomic E-state index is 0.0201. The number of nitrogens with zero attached hydrogens (tertiary/aromatic N) is 2. The molecule has 0 aromatic heterocycles. The minimum Gasteiger partial charge on any atom is -0.349 e. The zero-order valence-corrected chi connectivity index (χ0v) is 25.2. The van der Waals surface area contributed by atoms with Gasteiger partial charge in [0.15, 0.2) is 0 Å². The number of carbonyl (C=O) groups is 1. The van der Waals surface area contributed by atoms with Gasteiger partial charge >= 0.3 is 6.18 Å². The Bertz CT molecular complexity index is 1350. The highest BCUT2D eigenvalue weighted by atomic mass is 32.2. The molecular formula is C30H39F3N3O3PS. The van der Waals surface area contributed by atoms with Gasteiger partial charge in [0, 0.05) is 25.6 Å². The Hall–Kier alpha value is -2.00. The molecule has 0 saturated carbocycles. The molecule has 3 atom stereocenters. The van der Waals surface area contributed by atoms with Crippen molar-refractivity contribution in [2.45, 2.75) is 93.1 Å². The third-order valence-corrected chi connectivity index (χ3v) is 11.3. The third kappa shape index (κ3) is 7.32. The second-order valence-corrected chi connectivity index (χ2v) is 14.5. The SMILES string of the molecule is O=C(C[C@@H]1CCCCN1S(=O)(=O)c1cccc(C(F)(F)F)c1)N[C@@H]1CCCc2cc(CN3CCC(P)CC3)ccc21. The zero-order valence-electron chi connectivity index (χ0n) is 23.2. The smallest absolute Gasteiger partial charge is 0.349 e. The average Bonchev–Trinajstić information content (AvgIpc) is 2.94. The van der Waals surface area contributed by atoms with E-state index in [1.54, 1.807) is 0 Å². The molecule has 5 rings (SSSR count). The number of piperidine rings is 2. The summed E-state index contributed by atoms with van der Waals surface area (Å²) in [5.74, 6) is -0.233. The number of amides is 1. The molecule has 2 heterocycles. The summed E-state index contributed by atoms with van der Waals surface area (Å²) in [6.45, 7) is 3.32. The Kier molecular flexibility index (Phi) is 9.43. The van der Waals surface area contributed by atoms with E-state index < -0.39 is 32.7 Å². The van der Waals surface area contributed by atoms with Gasteiger partial charge in [-0.3, -0.25) is 9.69 Å². The lowest BCUT2D eigenvalue weighted by atomic mass is 9.86. The number of carbonyl (C=O) groups excluding carboxylic acids is 1. The molecule has 2 saturated heterocycles. The van der Waals surface area contributed by atoms with Crippen molar-refractivity contribution < 1.29 is 26.4 Å². The Labute approximate surface area is 243 Å². The van der Waals surface area contributed by atoms with Gasteiger partial charge in [-0.25, -0.2) is 8.42 Å². The van der Waals surface area contributed by atoms with E-state index in [-0.39, 0.29) is 24.9 Å². The fourth-order valence-electron chi connectivity index (χ4n) is 6.42. The first-order chi connectivity index (χ1) is 19.5. The molecule has 0 bridgehead atoms. The second-order valence-electron chi connectivity index (χ2n) is 11.7. The summed E-state index contributed by atoms with van der Waals surface area (Å²) in [7, 11) is -1.26. The Morgan fingerprint density at radius 3 is 2.51 bits per heavy atom. The topological polar surface area (TPSA) is 69.7 Å². The van der Waals surface area contributed by atoms with Crippen molar-refractivity contribution in [1.82, 2.24) is 14.5 Å². The van der Waals surface area contributed by atoms with E-state index in [0.717, 1.165) is 63.0 Å². The highest BCUT2D eigenvalue weighted by Gasteiger charge is 2.37. The fraction of sp³-hybridized carbons (Fsp3) is 0.567. The fourth-order valence-corrected chi connectivity index (χ4v) is 8.45. The van der Waals surface area contributed by atoms with Crippen LogP contribution in [0.1, 0.15) is 79.7 Å². The van der Waals surface area contributed by atoms with Crippen molar-refractivity contribution in [1.29, 1.82) is 0 Å².